The fraction of sp³-hybridized carbons (Fsp3) is 0.522. The molecular weight excluding hydrogens is 426 g/mol. The average Bonchev–Trinajstić information content (AvgIpc) is 3.10. The van der Waals surface area contributed by atoms with Crippen LogP contribution in [0.3, 0.4) is 0 Å². The zero-order chi connectivity index (χ0) is 24.0. The van der Waals surface area contributed by atoms with Crippen LogP contribution in [0.15, 0.2) is 29.3 Å². The molecule has 0 radical (unpaired) electrons. The number of hydrogen-bond donors (Lipinski definition) is 4. The second-order valence-electron chi connectivity index (χ2n) is 8.64. The van der Waals surface area contributed by atoms with E-state index in [0.29, 0.717) is 37.9 Å². The summed E-state index contributed by atoms with van der Waals surface area (Å²) < 4.78 is 5.01. The highest BCUT2D eigenvalue weighted by atomic mass is 16.5. The number of rotatable bonds is 9. The van der Waals surface area contributed by atoms with Crippen LogP contribution in [0.2, 0.25) is 0 Å². The topological polar surface area (TPSA) is 158 Å². The van der Waals surface area contributed by atoms with Crippen LogP contribution < -0.4 is 11.1 Å². The van der Waals surface area contributed by atoms with Gasteiger partial charge in [0.05, 0.1) is 17.7 Å². The number of amidine groups is 1. The Morgan fingerprint density at radius 3 is 2.55 bits per heavy atom. The second-order valence-corrected chi connectivity index (χ2v) is 8.64. The van der Waals surface area contributed by atoms with Crippen LogP contribution in [0.25, 0.3) is 0 Å². The molecule has 2 aliphatic rings. The molecule has 2 amide bonds. The number of unbranched alkanes of at least 4 members (excludes halogenated alkanes) is 1. The Bertz CT molecular complexity index is 935. The number of likely N-dealkylation sites (tertiary alicyclic amines) is 1. The molecule has 3 rings (SSSR count). The van der Waals surface area contributed by atoms with Gasteiger partial charge in [0.2, 0.25) is 0 Å². The number of carbonyl (C=O) groups excluding carboxylic acids is 2. The Morgan fingerprint density at radius 2 is 1.97 bits per heavy atom. The number of ether oxygens (including phenoxy) is 1. The second kappa shape index (κ2) is 10.6. The predicted molar refractivity (Wildman–Crippen MR) is 123 cm³/mol. The van der Waals surface area contributed by atoms with E-state index in [-0.39, 0.29) is 24.9 Å². The maximum absolute atomic E-state index is 12.8. The molecule has 0 aromatic heterocycles. The molecule has 1 aromatic rings. The molecule has 2 aliphatic heterocycles. The standard InChI is InChI=1S/C23H31N5O5/c1-2-3-12-33-22(32)27-18(20(29)30)14-28-10-8-23(9-11-28)13-17(26-21(23)31)15-4-6-16(7-5-15)19(24)25/h4-7,18H,2-3,8-14H2,1H3,(H3,24,25)(H,27,32)(H,29,30). The smallest absolute Gasteiger partial charge is 0.407 e. The summed E-state index contributed by atoms with van der Waals surface area (Å²) in [5.41, 5.74) is 7.10. The highest BCUT2D eigenvalue weighted by Crippen LogP contribution is 2.41. The number of amides is 2. The van der Waals surface area contributed by atoms with E-state index in [0.717, 1.165) is 24.1 Å². The molecule has 2 heterocycles. The largest absolute Gasteiger partial charge is 0.480 e. The number of nitrogens with one attached hydrogen (secondary N) is 2. The van der Waals surface area contributed by atoms with Crippen LogP contribution in [-0.2, 0) is 14.3 Å². The van der Waals surface area contributed by atoms with Crippen molar-refractivity contribution in [3.05, 3.63) is 35.4 Å². The van der Waals surface area contributed by atoms with Gasteiger partial charge in [0.15, 0.2) is 0 Å². The number of aliphatic imine (C=N–C) groups is 1. The Kier molecular flexibility index (Phi) is 7.80. The van der Waals surface area contributed by atoms with E-state index in [9.17, 15) is 19.5 Å². The lowest BCUT2D eigenvalue weighted by molar-refractivity contribution is -0.140. The summed E-state index contributed by atoms with van der Waals surface area (Å²) >= 11 is 0. The monoisotopic (exact) mass is 457 g/mol. The predicted octanol–water partition coefficient (Wildman–Crippen LogP) is 1.75. The third kappa shape index (κ3) is 5.95. The number of carboxylic acids is 1. The molecule has 178 valence electrons. The lowest BCUT2D eigenvalue weighted by atomic mass is 9.75. The average molecular weight is 458 g/mol. The molecule has 10 heteroatoms. The number of hydrogen-bond acceptors (Lipinski definition) is 6. The number of nitrogen functional groups attached to an aromatic ring is 1. The lowest BCUT2D eigenvalue weighted by Crippen LogP contribution is -2.52. The molecule has 33 heavy (non-hydrogen) atoms. The first kappa shape index (κ1) is 24.4. The van der Waals surface area contributed by atoms with E-state index >= 15 is 0 Å². The molecule has 1 atom stereocenters. The number of nitrogens with zero attached hydrogens (tertiary/aromatic N) is 2. The third-order valence-corrected chi connectivity index (χ3v) is 6.30. The van der Waals surface area contributed by atoms with Gasteiger partial charge < -0.3 is 25.8 Å². The molecule has 5 N–H and O–H groups in total. The van der Waals surface area contributed by atoms with Gasteiger partial charge in [-0.15, -0.1) is 0 Å². The Hall–Kier alpha value is -3.27. The molecule has 10 nitrogen and oxygen atoms in total. The summed E-state index contributed by atoms with van der Waals surface area (Å²) in [4.78, 5) is 42.5. The van der Waals surface area contributed by atoms with Crippen molar-refractivity contribution in [3.8, 4) is 0 Å². The summed E-state index contributed by atoms with van der Waals surface area (Å²) in [5, 5.41) is 19.4. The normalized spacial score (nSPS) is 18.6. The number of benzene rings is 1. The summed E-state index contributed by atoms with van der Waals surface area (Å²) in [6.45, 7) is 3.44. The van der Waals surface area contributed by atoms with E-state index in [1.165, 1.54) is 0 Å². The summed E-state index contributed by atoms with van der Waals surface area (Å²) in [6.07, 6.45) is 2.53. The molecular formula is C23H31N5O5. The fourth-order valence-electron chi connectivity index (χ4n) is 4.18. The maximum Gasteiger partial charge on any atom is 0.407 e. The fourth-order valence-corrected chi connectivity index (χ4v) is 4.18. The van der Waals surface area contributed by atoms with Crippen LogP contribution >= 0.6 is 0 Å². The first-order chi connectivity index (χ1) is 15.7. The van der Waals surface area contributed by atoms with Crippen molar-refractivity contribution >= 4 is 29.5 Å². The van der Waals surface area contributed by atoms with Gasteiger partial charge >= 0.3 is 12.1 Å². The Morgan fingerprint density at radius 1 is 1.30 bits per heavy atom. The highest BCUT2D eigenvalue weighted by molar-refractivity contribution is 6.14. The molecule has 1 saturated heterocycles. The molecule has 0 aliphatic carbocycles. The number of carboxylic acid groups (broad SMARTS) is 1. The highest BCUT2D eigenvalue weighted by Gasteiger charge is 2.46. The van der Waals surface area contributed by atoms with Crippen LogP contribution in [0.5, 0.6) is 0 Å². The number of piperidine rings is 1. The Labute approximate surface area is 192 Å². The molecule has 1 spiro atoms. The van der Waals surface area contributed by atoms with E-state index in [1.54, 1.807) is 12.1 Å². The Balaban J connectivity index is 1.55. The number of nitrogens with two attached hydrogens (primary N) is 1. The van der Waals surface area contributed by atoms with Crippen molar-refractivity contribution in [3.63, 3.8) is 0 Å². The summed E-state index contributed by atoms with van der Waals surface area (Å²) in [7, 11) is 0. The minimum Gasteiger partial charge on any atom is -0.480 e. The maximum atomic E-state index is 12.8. The molecule has 1 unspecified atom stereocenters. The van der Waals surface area contributed by atoms with Crippen LogP contribution in [0.4, 0.5) is 4.79 Å². The number of alkyl carbamates (subject to hydrolysis) is 1. The summed E-state index contributed by atoms with van der Waals surface area (Å²) in [6, 6.07) is 6.04. The SMILES string of the molecule is CCCCOC(=O)NC(CN1CCC2(CC1)CC(c1ccc(C(=N)N)cc1)=NC2=O)C(=O)O. The van der Waals surface area contributed by atoms with E-state index in [2.05, 4.69) is 10.3 Å². The third-order valence-electron chi connectivity index (χ3n) is 6.30. The van der Waals surface area contributed by atoms with Gasteiger partial charge in [-0.25, -0.2) is 14.6 Å². The minimum atomic E-state index is -1.13. The van der Waals surface area contributed by atoms with Gasteiger partial charge in [0.25, 0.3) is 5.91 Å². The van der Waals surface area contributed by atoms with Gasteiger partial charge in [-0.1, -0.05) is 37.6 Å². The van der Waals surface area contributed by atoms with Gasteiger partial charge in [-0.3, -0.25) is 10.2 Å². The van der Waals surface area contributed by atoms with Gasteiger partial charge in [0, 0.05) is 18.5 Å². The van der Waals surface area contributed by atoms with E-state index < -0.39 is 23.5 Å². The zero-order valence-corrected chi connectivity index (χ0v) is 18.8. The number of aliphatic carboxylic acids is 1. The van der Waals surface area contributed by atoms with Gasteiger partial charge in [-0.2, -0.15) is 0 Å². The lowest BCUT2D eigenvalue weighted by Gasteiger charge is -2.38. The molecule has 1 aromatic carbocycles. The van der Waals surface area contributed by atoms with Crippen LogP contribution in [0, 0.1) is 10.8 Å². The van der Waals surface area contributed by atoms with Crippen molar-refractivity contribution in [2.75, 3.05) is 26.2 Å². The first-order valence-corrected chi connectivity index (χ1v) is 11.2. The summed E-state index contributed by atoms with van der Waals surface area (Å²) in [5.74, 6) is -1.28. The van der Waals surface area contributed by atoms with Crippen molar-refractivity contribution in [2.24, 2.45) is 16.1 Å². The van der Waals surface area contributed by atoms with Crippen LogP contribution in [-0.4, -0.2) is 71.8 Å². The van der Waals surface area contributed by atoms with Crippen molar-refractivity contribution in [2.45, 2.75) is 45.1 Å². The first-order valence-electron chi connectivity index (χ1n) is 11.2. The van der Waals surface area contributed by atoms with Crippen molar-refractivity contribution in [1.82, 2.24) is 10.2 Å². The van der Waals surface area contributed by atoms with Gasteiger partial charge in [-0.05, 0) is 37.9 Å². The molecule has 0 saturated carbocycles. The van der Waals surface area contributed by atoms with Crippen LogP contribution in [0.1, 0.15) is 50.2 Å². The minimum absolute atomic E-state index is 0.0155. The van der Waals surface area contributed by atoms with E-state index in [1.807, 2.05) is 24.0 Å². The van der Waals surface area contributed by atoms with Crippen molar-refractivity contribution < 1.29 is 24.2 Å². The molecule has 0 bridgehead atoms. The molecule has 1 fully saturated rings. The van der Waals surface area contributed by atoms with Gasteiger partial charge in [0.1, 0.15) is 11.9 Å². The number of carbonyl (C=O) groups is 3. The van der Waals surface area contributed by atoms with Crippen molar-refractivity contribution in [1.29, 1.82) is 5.41 Å². The zero-order valence-electron chi connectivity index (χ0n) is 18.8. The van der Waals surface area contributed by atoms with E-state index in [4.69, 9.17) is 15.9 Å². The quantitative estimate of drug-likeness (QED) is 0.250.